The Morgan fingerprint density at radius 2 is 2.36 bits per heavy atom. The van der Waals surface area contributed by atoms with Gasteiger partial charge in [-0.15, -0.1) is 0 Å². The molecule has 0 aromatic carbocycles. The largest absolute Gasteiger partial charge is 0.447 e. The average molecular weight is 211 g/mol. The molecule has 0 saturated carbocycles. The SMILES string of the molecule is Cc1cc(N2CCOC2=O)nc(P)n1. The third-order valence-electron chi connectivity index (χ3n) is 1.90. The minimum Gasteiger partial charge on any atom is -0.447 e. The van der Waals surface area contributed by atoms with E-state index in [9.17, 15) is 4.79 Å². The molecule has 1 aliphatic heterocycles. The van der Waals surface area contributed by atoms with Crippen molar-refractivity contribution in [1.29, 1.82) is 0 Å². The highest BCUT2D eigenvalue weighted by Crippen LogP contribution is 2.15. The number of ether oxygens (including phenoxy) is 1. The fourth-order valence-electron chi connectivity index (χ4n) is 1.31. The minimum absolute atomic E-state index is 0.340. The lowest BCUT2D eigenvalue weighted by Crippen LogP contribution is -2.26. The molecule has 0 spiro atoms. The lowest BCUT2D eigenvalue weighted by atomic mass is 10.4. The maximum absolute atomic E-state index is 11.2. The van der Waals surface area contributed by atoms with Crippen molar-refractivity contribution < 1.29 is 9.53 Å². The Hall–Kier alpha value is -1.22. The highest BCUT2D eigenvalue weighted by atomic mass is 31.0. The third kappa shape index (κ3) is 1.68. The molecule has 1 fully saturated rings. The zero-order chi connectivity index (χ0) is 10.1. The molecule has 2 heterocycles. The van der Waals surface area contributed by atoms with E-state index < -0.39 is 0 Å². The van der Waals surface area contributed by atoms with Crippen LogP contribution in [0.15, 0.2) is 6.07 Å². The molecule has 1 aromatic heterocycles. The van der Waals surface area contributed by atoms with Gasteiger partial charge in [0.15, 0.2) is 0 Å². The molecule has 0 radical (unpaired) electrons. The van der Waals surface area contributed by atoms with Crippen LogP contribution in [0.3, 0.4) is 0 Å². The van der Waals surface area contributed by atoms with Crippen LogP contribution in [0.4, 0.5) is 10.6 Å². The summed E-state index contributed by atoms with van der Waals surface area (Å²) in [6.07, 6.45) is -0.340. The number of nitrogens with zero attached hydrogens (tertiary/aromatic N) is 3. The molecule has 1 amide bonds. The van der Waals surface area contributed by atoms with Crippen LogP contribution in [0.5, 0.6) is 0 Å². The predicted octanol–water partition coefficient (Wildman–Crippen LogP) is 0.242. The number of hydrogen-bond donors (Lipinski definition) is 0. The highest BCUT2D eigenvalue weighted by molar-refractivity contribution is 7.26. The van der Waals surface area contributed by atoms with Crippen molar-refractivity contribution in [2.45, 2.75) is 6.92 Å². The van der Waals surface area contributed by atoms with Crippen molar-refractivity contribution >= 4 is 26.7 Å². The third-order valence-corrected chi connectivity index (χ3v) is 2.15. The summed E-state index contributed by atoms with van der Waals surface area (Å²) in [6.45, 7) is 2.84. The fourth-order valence-corrected chi connectivity index (χ4v) is 1.65. The minimum atomic E-state index is -0.340. The molecule has 1 unspecified atom stereocenters. The first-order valence-corrected chi connectivity index (χ1v) is 4.80. The second-order valence-corrected chi connectivity index (χ2v) is 3.51. The van der Waals surface area contributed by atoms with Gasteiger partial charge in [-0.1, -0.05) is 9.24 Å². The quantitative estimate of drug-likeness (QED) is 0.624. The number of aromatic nitrogens is 2. The maximum atomic E-state index is 11.2. The summed E-state index contributed by atoms with van der Waals surface area (Å²) in [5.74, 6) is 0.602. The predicted molar refractivity (Wildman–Crippen MR) is 54.8 cm³/mol. The van der Waals surface area contributed by atoms with Gasteiger partial charge in [-0.3, -0.25) is 4.90 Å². The van der Waals surface area contributed by atoms with E-state index in [0.717, 1.165) is 5.69 Å². The smallest absolute Gasteiger partial charge is 0.415 e. The van der Waals surface area contributed by atoms with E-state index in [4.69, 9.17) is 4.74 Å². The number of carbonyl (C=O) groups is 1. The number of hydrogen-bond acceptors (Lipinski definition) is 4. The molecule has 6 heteroatoms. The molecule has 5 nitrogen and oxygen atoms in total. The molecular formula is C8H10N3O2P. The van der Waals surface area contributed by atoms with Crippen LogP contribution in [-0.2, 0) is 4.74 Å². The van der Waals surface area contributed by atoms with E-state index in [0.29, 0.717) is 24.5 Å². The molecule has 74 valence electrons. The fraction of sp³-hybridized carbons (Fsp3) is 0.375. The Morgan fingerprint density at radius 3 is 2.93 bits per heavy atom. The summed E-state index contributed by atoms with van der Waals surface area (Å²) in [4.78, 5) is 21.0. The van der Waals surface area contributed by atoms with E-state index in [-0.39, 0.29) is 6.09 Å². The first-order chi connectivity index (χ1) is 6.66. The molecule has 1 aliphatic rings. The van der Waals surface area contributed by atoms with Gasteiger partial charge in [-0.25, -0.2) is 14.8 Å². The van der Waals surface area contributed by atoms with Crippen LogP contribution < -0.4 is 10.5 Å². The normalized spacial score (nSPS) is 15.9. The van der Waals surface area contributed by atoms with Gasteiger partial charge in [-0.2, -0.15) is 0 Å². The van der Waals surface area contributed by atoms with Crippen molar-refractivity contribution in [1.82, 2.24) is 9.97 Å². The first kappa shape index (κ1) is 9.34. The Balaban J connectivity index is 2.35. The molecule has 1 atom stereocenters. The van der Waals surface area contributed by atoms with E-state index in [1.807, 2.05) is 6.92 Å². The molecule has 0 bridgehead atoms. The summed E-state index contributed by atoms with van der Waals surface area (Å²) in [5.41, 5.74) is 1.42. The molecule has 0 N–H and O–H groups in total. The van der Waals surface area contributed by atoms with Crippen molar-refractivity contribution in [3.8, 4) is 0 Å². The Bertz CT molecular complexity index is 363. The number of aryl methyl sites for hydroxylation is 1. The zero-order valence-corrected chi connectivity index (χ0v) is 8.88. The average Bonchev–Trinajstić information content (AvgIpc) is 2.49. The van der Waals surface area contributed by atoms with Crippen LogP contribution in [0.2, 0.25) is 0 Å². The van der Waals surface area contributed by atoms with Gasteiger partial charge in [0.2, 0.25) is 0 Å². The number of anilines is 1. The van der Waals surface area contributed by atoms with Crippen molar-refractivity contribution in [3.63, 3.8) is 0 Å². The second-order valence-electron chi connectivity index (χ2n) is 2.99. The number of rotatable bonds is 1. The molecule has 2 rings (SSSR count). The van der Waals surface area contributed by atoms with E-state index in [1.54, 1.807) is 6.07 Å². The second kappa shape index (κ2) is 3.50. The van der Waals surface area contributed by atoms with E-state index >= 15 is 0 Å². The van der Waals surface area contributed by atoms with Gasteiger partial charge in [-0.05, 0) is 6.92 Å². The van der Waals surface area contributed by atoms with Crippen LogP contribution in [0, 0.1) is 6.92 Å². The van der Waals surface area contributed by atoms with Gasteiger partial charge in [0.05, 0.1) is 6.54 Å². The van der Waals surface area contributed by atoms with Gasteiger partial charge < -0.3 is 4.74 Å². The summed E-state index contributed by atoms with van der Waals surface area (Å²) >= 11 is 0. The van der Waals surface area contributed by atoms with Crippen LogP contribution in [0.1, 0.15) is 5.69 Å². The molecule has 0 aliphatic carbocycles. The van der Waals surface area contributed by atoms with Gasteiger partial charge in [0, 0.05) is 11.8 Å². The number of cyclic esters (lactones) is 1. The standard InChI is InChI=1S/C8H10N3O2P/c1-5-4-6(10-7(14)9-5)11-2-3-13-8(11)12/h4H,2-3,14H2,1H3. The molecule has 1 aromatic rings. The molecule has 14 heavy (non-hydrogen) atoms. The number of carbonyl (C=O) groups excluding carboxylic acids is 1. The Labute approximate surface area is 83.7 Å². The summed E-state index contributed by atoms with van der Waals surface area (Å²) in [7, 11) is 2.41. The maximum Gasteiger partial charge on any atom is 0.415 e. The summed E-state index contributed by atoms with van der Waals surface area (Å²) in [5, 5.41) is 0. The van der Waals surface area contributed by atoms with E-state index in [1.165, 1.54) is 4.90 Å². The Kier molecular flexibility index (Phi) is 2.33. The summed E-state index contributed by atoms with van der Waals surface area (Å²) < 4.78 is 4.82. The first-order valence-electron chi connectivity index (χ1n) is 4.22. The van der Waals surface area contributed by atoms with Crippen molar-refractivity contribution in [2.24, 2.45) is 0 Å². The lowest BCUT2D eigenvalue weighted by Gasteiger charge is -2.11. The molecular weight excluding hydrogens is 201 g/mol. The lowest BCUT2D eigenvalue weighted by molar-refractivity contribution is 0.181. The monoisotopic (exact) mass is 211 g/mol. The van der Waals surface area contributed by atoms with Gasteiger partial charge in [0.1, 0.15) is 18.0 Å². The van der Waals surface area contributed by atoms with Crippen LogP contribution in [0.25, 0.3) is 0 Å². The highest BCUT2D eigenvalue weighted by Gasteiger charge is 2.24. The van der Waals surface area contributed by atoms with Crippen LogP contribution >= 0.6 is 9.24 Å². The zero-order valence-electron chi connectivity index (χ0n) is 7.73. The van der Waals surface area contributed by atoms with Gasteiger partial charge >= 0.3 is 6.09 Å². The number of amides is 1. The van der Waals surface area contributed by atoms with Crippen molar-refractivity contribution in [2.75, 3.05) is 18.1 Å². The summed E-state index contributed by atoms with van der Waals surface area (Å²) in [6, 6.07) is 1.76. The van der Waals surface area contributed by atoms with Crippen molar-refractivity contribution in [3.05, 3.63) is 11.8 Å². The Morgan fingerprint density at radius 1 is 1.57 bits per heavy atom. The van der Waals surface area contributed by atoms with Crippen LogP contribution in [-0.4, -0.2) is 29.2 Å². The molecule has 1 saturated heterocycles. The van der Waals surface area contributed by atoms with E-state index in [2.05, 4.69) is 19.2 Å². The topological polar surface area (TPSA) is 55.3 Å². The van der Waals surface area contributed by atoms with Gasteiger partial charge in [0.25, 0.3) is 0 Å².